The van der Waals surface area contributed by atoms with E-state index >= 15 is 0 Å². The van der Waals surface area contributed by atoms with E-state index in [2.05, 4.69) is 46.1 Å². The minimum atomic E-state index is 0.264. The normalized spacial score (nSPS) is 23.4. The smallest absolute Gasteiger partial charge is 0.236 e. The number of halogens is 1. The quantitative estimate of drug-likeness (QED) is 0.822. The van der Waals surface area contributed by atoms with Gasteiger partial charge in [-0.05, 0) is 58.2 Å². The van der Waals surface area contributed by atoms with Gasteiger partial charge in [-0.2, -0.15) is 0 Å². The summed E-state index contributed by atoms with van der Waals surface area (Å²) in [6.45, 7) is 7.65. The summed E-state index contributed by atoms with van der Waals surface area (Å²) >= 11 is 5.16. The average Bonchev–Trinajstić information content (AvgIpc) is 2.73. The van der Waals surface area contributed by atoms with Crippen LogP contribution in [0.1, 0.15) is 25.8 Å². The highest BCUT2D eigenvalue weighted by Gasteiger charge is 2.25. The van der Waals surface area contributed by atoms with Crippen LogP contribution >= 0.6 is 27.3 Å². The predicted molar refractivity (Wildman–Crippen MR) is 87.9 cm³/mol. The van der Waals surface area contributed by atoms with Crippen molar-refractivity contribution in [3.63, 3.8) is 0 Å². The zero-order chi connectivity index (χ0) is 14.7. The second-order valence-electron chi connectivity index (χ2n) is 6.18. The molecule has 1 aromatic rings. The molecule has 1 aliphatic heterocycles. The first-order chi connectivity index (χ1) is 9.44. The number of hydrogen-bond donors (Lipinski definition) is 0. The molecule has 20 heavy (non-hydrogen) atoms. The molecule has 1 aromatic heterocycles. The van der Waals surface area contributed by atoms with E-state index in [4.69, 9.17) is 0 Å². The van der Waals surface area contributed by atoms with Crippen LogP contribution < -0.4 is 0 Å². The Morgan fingerprint density at radius 2 is 2.10 bits per heavy atom. The van der Waals surface area contributed by atoms with Gasteiger partial charge in [-0.15, -0.1) is 11.3 Å². The molecule has 1 amide bonds. The third-order valence-electron chi connectivity index (χ3n) is 3.70. The van der Waals surface area contributed by atoms with Gasteiger partial charge in [0, 0.05) is 19.6 Å². The number of likely N-dealkylation sites (tertiary alicyclic amines) is 1. The maximum absolute atomic E-state index is 12.4. The van der Waals surface area contributed by atoms with Crippen molar-refractivity contribution >= 4 is 33.2 Å². The van der Waals surface area contributed by atoms with Gasteiger partial charge < -0.3 is 4.90 Å². The van der Waals surface area contributed by atoms with Crippen LogP contribution in [0.5, 0.6) is 0 Å². The molecule has 2 atom stereocenters. The number of thiophene rings is 1. The van der Waals surface area contributed by atoms with Crippen LogP contribution in [-0.4, -0.2) is 42.4 Å². The predicted octanol–water partition coefficient (Wildman–Crippen LogP) is 3.45. The lowest BCUT2D eigenvalue weighted by Gasteiger charge is -2.35. The Morgan fingerprint density at radius 3 is 2.65 bits per heavy atom. The summed E-state index contributed by atoms with van der Waals surface area (Å²) in [7, 11) is 2.01. The minimum Gasteiger partial charge on any atom is -0.341 e. The number of likely N-dealkylation sites (N-methyl/N-ethyl adjacent to an activating group) is 1. The topological polar surface area (TPSA) is 23.6 Å². The summed E-state index contributed by atoms with van der Waals surface area (Å²) in [6.07, 6.45) is 1.24. The van der Waals surface area contributed by atoms with Crippen molar-refractivity contribution in [1.82, 2.24) is 9.80 Å². The zero-order valence-electron chi connectivity index (χ0n) is 12.4. The number of piperidine rings is 1. The highest BCUT2D eigenvalue weighted by atomic mass is 79.9. The van der Waals surface area contributed by atoms with E-state index in [-0.39, 0.29) is 5.91 Å². The number of carbonyl (C=O) groups is 1. The second kappa shape index (κ2) is 7.05. The summed E-state index contributed by atoms with van der Waals surface area (Å²) in [5.41, 5.74) is 1.26. The molecule has 2 rings (SSSR count). The van der Waals surface area contributed by atoms with Crippen LogP contribution in [0.25, 0.3) is 0 Å². The van der Waals surface area contributed by atoms with E-state index in [9.17, 15) is 4.79 Å². The standard InChI is InChI=1S/C15H23BrN2OS/c1-11-4-12(2)7-18(6-11)15(19)9-17(3)8-13-5-14(16)20-10-13/h5,10-12H,4,6-9H2,1-3H3. The van der Waals surface area contributed by atoms with Gasteiger partial charge in [0.1, 0.15) is 0 Å². The lowest BCUT2D eigenvalue weighted by atomic mass is 9.92. The Labute approximate surface area is 134 Å². The molecular formula is C15H23BrN2OS. The summed E-state index contributed by atoms with van der Waals surface area (Å²) in [6, 6.07) is 2.12. The molecule has 1 saturated heterocycles. The van der Waals surface area contributed by atoms with Gasteiger partial charge in [0.05, 0.1) is 10.3 Å². The summed E-state index contributed by atoms with van der Waals surface area (Å²) < 4.78 is 1.14. The van der Waals surface area contributed by atoms with E-state index in [0.717, 1.165) is 23.4 Å². The number of nitrogens with zero attached hydrogens (tertiary/aromatic N) is 2. The average molecular weight is 359 g/mol. The Bertz CT molecular complexity index is 452. The number of hydrogen-bond acceptors (Lipinski definition) is 3. The van der Waals surface area contributed by atoms with E-state index in [1.807, 2.05) is 11.9 Å². The monoisotopic (exact) mass is 358 g/mol. The first-order valence-corrected chi connectivity index (χ1v) is 8.80. The maximum Gasteiger partial charge on any atom is 0.236 e. The Hall–Kier alpha value is -0.390. The Morgan fingerprint density at radius 1 is 1.45 bits per heavy atom. The highest BCUT2D eigenvalue weighted by molar-refractivity contribution is 9.11. The first kappa shape index (κ1) is 16.0. The van der Waals surface area contributed by atoms with Crippen molar-refractivity contribution in [3.05, 3.63) is 20.8 Å². The molecule has 0 spiro atoms. The van der Waals surface area contributed by atoms with E-state index in [0.29, 0.717) is 18.4 Å². The van der Waals surface area contributed by atoms with E-state index in [1.54, 1.807) is 11.3 Å². The SMILES string of the molecule is CC1CC(C)CN(C(=O)CN(C)Cc2csc(Br)c2)C1. The number of rotatable bonds is 4. The fraction of sp³-hybridized carbons (Fsp3) is 0.667. The molecule has 0 N–H and O–H groups in total. The molecule has 5 heteroatoms. The van der Waals surface area contributed by atoms with E-state index < -0.39 is 0 Å². The lowest BCUT2D eigenvalue weighted by Crippen LogP contribution is -2.46. The molecule has 2 unspecified atom stereocenters. The van der Waals surface area contributed by atoms with Gasteiger partial charge in [0.2, 0.25) is 5.91 Å². The molecule has 3 nitrogen and oxygen atoms in total. The van der Waals surface area contributed by atoms with Crippen LogP contribution in [0.15, 0.2) is 15.2 Å². The van der Waals surface area contributed by atoms with Crippen molar-refractivity contribution < 1.29 is 4.79 Å². The Balaban J connectivity index is 1.84. The van der Waals surface area contributed by atoms with Crippen molar-refractivity contribution in [2.24, 2.45) is 11.8 Å². The van der Waals surface area contributed by atoms with Gasteiger partial charge in [-0.1, -0.05) is 13.8 Å². The molecular weight excluding hydrogens is 336 g/mol. The zero-order valence-corrected chi connectivity index (χ0v) is 14.8. The van der Waals surface area contributed by atoms with Gasteiger partial charge in [0.15, 0.2) is 0 Å². The van der Waals surface area contributed by atoms with Gasteiger partial charge >= 0.3 is 0 Å². The molecule has 0 radical (unpaired) electrons. The summed E-state index contributed by atoms with van der Waals surface area (Å²) in [5, 5.41) is 2.14. The van der Waals surface area contributed by atoms with Gasteiger partial charge in [0.25, 0.3) is 0 Å². The first-order valence-electron chi connectivity index (χ1n) is 7.13. The molecule has 0 aliphatic carbocycles. The molecule has 1 aliphatic rings. The molecule has 1 fully saturated rings. The van der Waals surface area contributed by atoms with Crippen LogP contribution in [0.2, 0.25) is 0 Å². The molecule has 112 valence electrons. The largest absolute Gasteiger partial charge is 0.341 e. The molecule has 0 bridgehead atoms. The van der Waals surface area contributed by atoms with Crippen LogP contribution in [0.3, 0.4) is 0 Å². The lowest BCUT2D eigenvalue weighted by molar-refractivity contribution is -0.134. The van der Waals surface area contributed by atoms with Crippen molar-refractivity contribution in [3.8, 4) is 0 Å². The molecule has 0 aromatic carbocycles. The van der Waals surface area contributed by atoms with Crippen LogP contribution in [0, 0.1) is 11.8 Å². The van der Waals surface area contributed by atoms with E-state index in [1.165, 1.54) is 12.0 Å². The van der Waals surface area contributed by atoms with Crippen molar-refractivity contribution in [2.45, 2.75) is 26.8 Å². The second-order valence-corrected chi connectivity index (χ2v) is 8.47. The number of amides is 1. The third kappa shape index (κ3) is 4.57. The maximum atomic E-state index is 12.4. The highest BCUT2D eigenvalue weighted by Crippen LogP contribution is 2.22. The molecule has 2 heterocycles. The fourth-order valence-electron chi connectivity index (χ4n) is 2.99. The summed E-state index contributed by atoms with van der Waals surface area (Å²) in [5.74, 6) is 1.52. The minimum absolute atomic E-state index is 0.264. The van der Waals surface area contributed by atoms with Crippen LogP contribution in [0.4, 0.5) is 0 Å². The number of carbonyl (C=O) groups excluding carboxylic acids is 1. The Kier molecular flexibility index (Phi) is 5.64. The van der Waals surface area contributed by atoms with Gasteiger partial charge in [-0.3, -0.25) is 9.69 Å². The van der Waals surface area contributed by atoms with Gasteiger partial charge in [-0.25, -0.2) is 0 Å². The van der Waals surface area contributed by atoms with Crippen molar-refractivity contribution in [2.75, 3.05) is 26.7 Å². The third-order valence-corrected chi connectivity index (χ3v) is 5.25. The summed E-state index contributed by atoms with van der Waals surface area (Å²) in [4.78, 5) is 16.5. The molecule has 0 saturated carbocycles. The van der Waals surface area contributed by atoms with Crippen molar-refractivity contribution in [1.29, 1.82) is 0 Å². The van der Waals surface area contributed by atoms with Crippen LogP contribution in [-0.2, 0) is 11.3 Å². The fourth-order valence-corrected chi connectivity index (χ4v) is 4.19.